The second-order valence-electron chi connectivity index (χ2n) is 7.17. The SMILES string of the molecule is O=C(NCC1CCCO1)C1CC(=O)N(c2ccccc2Oc2ccccc2)C1. The summed E-state index contributed by atoms with van der Waals surface area (Å²) in [7, 11) is 0. The lowest BCUT2D eigenvalue weighted by Gasteiger charge is -2.20. The van der Waals surface area contributed by atoms with E-state index >= 15 is 0 Å². The van der Waals surface area contributed by atoms with Crippen LogP contribution in [0.25, 0.3) is 0 Å². The first-order valence-electron chi connectivity index (χ1n) is 9.72. The summed E-state index contributed by atoms with van der Waals surface area (Å²) in [5.74, 6) is 0.780. The van der Waals surface area contributed by atoms with Crippen molar-refractivity contribution < 1.29 is 19.1 Å². The number of hydrogen-bond acceptors (Lipinski definition) is 4. The molecule has 0 bridgehead atoms. The lowest BCUT2D eigenvalue weighted by Crippen LogP contribution is -2.37. The fourth-order valence-corrected chi connectivity index (χ4v) is 3.66. The van der Waals surface area contributed by atoms with E-state index in [2.05, 4.69) is 5.32 Å². The Morgan fingerprint density at radius 1 is 1.14 bits per heavy atom. The monoisotopic (exact) mass is 380 g/mol. The zero-order valence-corrected chi connectivity index (χ0v) is 15.7. The topological polar surface area (TPSA) is 67.9 Å². The van der Waals surface area contributed by atoms with E-state index in [1.807, 2.05) is 54.6 Å². The van der Waals surface area contributed by atoms with Gasteiger partial charge in [0, 0.05) is 26.1 Å². The molecule has 0 aliphatic carbocycles. The minimum absolute atomic E-state index is 0.0682. The van der Waals surface area contributed by atoms with Gasteiger partial charge in [-0.05, 0) is 37.1 Å². The number of nitrogens with zero attached hydrogens (tertiary/aromatic N) is 1. The van der Waals surface area contributed by atoms with Crippen molar-refractivity contribution in [1.29, 1.82) is 0 Å². The number of ether oxygens (including phenoxy) is 2. The molecule has 2 aromatic rings. The Bertz CT molecular complexity index is 833. The van der Waals surface area contributed by atoms with Crippen LogP contribution in [0.2, 0.25) is 0 Å². The van der Waals surface area contributed by atoms with Gasteiger partial charge in [-0.2, -0.15) is 0 Å². The standard InChI is InChI=1S/C22H24N2O4/c25-21-13-16(22(26)23-14-18-9-6-12-27-18)15-24(21)19-10-4-5-11-20(19)28-17-7-2-1-3-8-17/h1-5,7-8,10-11,16,18H,6,9,12-15H2,(H,23,26). The van der Waals surface area contributed by atoms with Crippen molar-refractivity contribution in [2.75, 3.05) is 24.6 Å². The predicted molar refractivity (Wildman–Crippen MR) is 105 cm³/mol. The van der Waals surface area contributed by atoms with Gasteiger partial charge in [-0.15, -0.1) is 0 Å². The molecule has 6 nitrogen and oxygen atoms in total. The molecule has 2 amide bonds. The average Bonchev–Trinajstić information content (AvgIpc) is 3.37. The van der Waals surface area contributed by atoms with Crippen molar-refractivity contribution in [3.63, 3.8) is 0 Å². The summed E-state index contributed by atoms with van der Waals surface area (Å²) >= 11 is 0. The van der Waals surface area contributed by atoms with Crippen molar-refractivity contribution in [1.82, 2.24) is 5.32 Å². The molecule has 1 N–H and O–H groups in total. The van der Waals surface area contributed by atoms with Crippen LogP contribution in [0.1, 0.15) is 19.3 Å². The Labute approximate surface area is 164 Å². The molecular weight excluding hydrogens is 356 g/mol. The highest BCUT2D eigenvalue weighted by Crippen LogP contribution is 2.35. The molecule has 2 saturated heterocycles. The van der Waals surface area contributed by atoms with Gasteiger partial charge in [0.15, 0.2) is 5.75 Å². The number of para-hydroxylation sites is 3. The van der Waals surface area contributed by atoms with Gasteiger partial charge < -0.3 is 19.7 Å². The van der Waals surface area contributed by atoms with Gasteiger partial charge in [-0.25, -0.2) is 0 Å². The number of anilines is 1. The number of carbonyl (C=O) groups excluding carboxylic acids is 2. The molecule has 2 aliphatic heterocycles. The number of carbonyl (C=O) groups is 2. The zero-order chi connectivity index (χ0) is 19.3. The molecule has 2 heterocycles. The lowest BCUT2D eigenvalue weighted by molar-refractivity contribution is -0.126. The van der Waals surface area contributed by atoms with Gasteiger partial charge in [0.25, 0.3) is 0 Å². The third-order valence-electron chi connectivity index (χ3n) is 5.15. The van der Waals surface area contributed by atoms with Crippen molar-refractivity contribution >= 4 is 17.5 Å². The third-order valence-corrected chi connectivity index (χ3v) is 5.15. The van der Waals surface area contributed by atoms with Crippen LogP contribution in [-0.4, -0.2) is 37.6 Å². The van der Waals surface area contributed by atoms with Crippen LogP contribution >= 0.6 is 0 Å². The first kappa shape index (κ1) is 18.5. The van der Waals surface area contributed by atoms with Crippen LogP contribution in [0.15, 0.2) is 54.6 Å². The van der Waals surface area contributed by atoms with Crippen molar-refractivity contribution in [2.24, 2.45) is 5.92 Å². The number of hydrogen-bond donors (Lipinski definition) is 1. The Morgan fingerprint density at radius 3 is 2.71 bits per heavy atom. The summed E-state index contributed by atoms with van der Waals surface area (Å²) in [4.78, 5) is 26.8. The molecule has 6 heteroatoms. The van der Waals surface area contributed by atoms with Crippen molar-refractivity contribution in [3.8, 4) is 11.5 Å². The lowest BCUT2D eigenvalue weighted by atomic mass is 10.1. The Kier molecular flexibility index (Phi) is 5.58. The Balaban J connectivity index is 1.43. The second kappa shape index (κ2) is 8.44. The first-order chi connectivity index (χ1) is 13.7. The summed E-state index contributed by atoms with van der Waals surface area (Å²) in [5.41, 5.74) is 0.686. The Hall–Kier alpha value is -2.86. The minimum Gasteiger partial charge on any atom is -0.455 e. The van der Waals surface area contributed by atoms with Gasteiger partial charge in [-0.1, -0.05) is 30.3 Å². The van der Waals surface area contributed by atoms with E-state index in [1.54, 1.807) is 4.90 Å². The van der Waals surface area contributed by atoms with E-state index in [4.69, 9.17) is 9.47 Å². The fourth-order valence-electron chi connectivity index (χ4n) is 3.66. The summed E-state index contributed by atoms with van der Waals surface area (Å²) in [6.07, 6.45) is 2.31. The molecule has 0 aromatic heterocycles. The predicted octanol–water partition coefficient (Wildman–Crippen LogP) is 3.13. The molecular formula is C22H24N2O4. The highest BCUT2D eigenvalue weighted by molar-refractivity contribution is 6.01. The number of nitrogens with one attached hydrogen (secondary N) is 1. The third kappa shape index (κ3) is 4.17. The van der Waals surface area contributed by atoms with Crippen molar-refractivity contribution in [2.45, 2.75) is 25.4 Å². The van der Waals surface area contributed by atoms with E-state index in [9.17, 15) is 9.59 Å². The smallest absolute Gasteiger partial charge is 0.227 e. The summed E-state index contributed by atoms with van der Waals surface area (Å²) in [5, 5.41) is 2.94. The minimum atomic E-state index is -0.362. The molecule has 2 unspecified atom stereocenters. The second-order valence-corrected chi connectivity index (χ2v) is 7.17. The van der Waals surface area contributed by atoms with Crippen LogP contribution < -0.4 is 15.0 Å². The largest absolute Gasteiger partial charge is 0.455 e. The van der Waals surface area contributed by atoms with Gasteiger partial charge in [0.05, 0.1) is 17.7 Å². The summed E-state index contributed by atoms with van der Waals surface area (Å²) in [6.45, 7) is 1.62. The van der Waals surface area contributed by atoms with E-state index in [0.717, 1.165) is 19.4 Å². The van der Waals surface area contributed by atoms with E-state index in [-0.39, 0.29) is 30.3 Å². The van der Waals surface area contributed by atoms with Crippen LogP contribution in [-0.2, 0) is 14.3 Å². The van der Waals surface area contributed by atoms with Gasteiger partial charge >= 0.3 is 0 Å². The van der Waals surface area contributed by atoms with Crippen LogP contribution in [0.3, 0.4) is 0 Å². The highest BCUT2D eigenvalue weighted by Gasteiger charge is 2.36. The normalized spacial score (nSPS) is 21.7. The van der Waals surface area contributed by atoms with E-state index < -0.39 is 0 Å². The molecule has 2 fully saturated rings. The summed E-state index contributed by atoms with van der Waals surface area (Å²) in [6, 6.07) is 16.9. The summed E-state index contributed by atoms with van der Waals surface area (Å²) < 4.78 is 11.5. The molecule has 2 aliphatic rings. The maximum atomic E-state index is 12.6. The van der Waals surface area contributed by atoms with Gasteiger partial charge in [0.1, 0.15) is 5.75 Å². The number of amides is 2. The Morgan fingerprint density at radius 2 is 1.93 bits per heavy atom. The van der Waals surface area contributed by atoms with Gasteiger partial charge in [0.2, 0.25) is 11.8 Å². The average molecular weight is 380 g/mol. The first-order valence-corrected chi connectivity index (χ1v) is 9.72. The van der Waals surface area contributed by atoms with Crippen LogP contribution in [0, 0.1) is 5.92 Å². The van der Waals surface area contributed by atoms with Gasteiger partial charge in [-0.3, -0.25) is 9.59 Å². The quantitative estimate of drug-likeness (QED) is 0.836. The highest BCUT2D eigenvalue weighted by atomic mass is 16.5. The maximum absolute atomic E-state index is 12.6. The number of benzene rings is 2. The molecule has 4 rings (SSSR count). The van der Waals surface area contributed by atoms with Crippen LogP contribution in [0.4, 0.5) is 5.69 Å². The molecule has 0 radical (unpaired) electrons. The zero-order valence-electron chi connectivity index (χ0n) is 15.7. The fraction of sp³-hybridized carbons (Fsp3) is 0.364. The molecule has 2 atom stereocenters. The van der Waals surface area contributed by atoms with E-state index in [0.29, 0.717) is 30.3 Å². The molecule has 0 spiro atoms. The molecule has 146 valence electrons. The number of rotatable bonds is 6. The van der Waals surface area contributed by atoms with Crippen molar-refractivity contribution in [3.05, 3.63) is 54.6 Å². The maximum Gasteiger partial charge on any atom is 0.227 e. The molecule has 0 saturated carbocycles. The van der Waals surface area contributed by atoms with E-state index in [1.165, 1.54) is 0 Å². The molecule has 28 heavy (non-hydrogen) atoms. The van der Waals surface area contributed by atoms with Crippen LogP contribution in [0.5, 0.6) is 11.5 Å². The molecule has 2 aromatic carbocycles.